The molecule has 0 saturated heterocycles. The van der Waals surface area contributed by atoms with Crippen LogP contribution in [0.15, 0.2) is 33.5 Å². The normalized spacial score (nSPS) is 11.4. The van der Waals surface area contributed by atoms with E-state index in [-0.39, 0.29) is 0 Å². The lowest BCUT2D eigenvalue weighted by Gasteiger charge is -2.15. The Kier molecular flexibility index (Phi) is 5.44. The number of rotatable bonds is 8. The first-order valence-corrected chi connectivity index (χ1v) is 7.18. The summed E-state index contributed by atoms with van der Waals surface area (Å²) in [5, 5.41) is 3.41. The molecule has 0 aliphatic rings. The smallest absolute Gasteiger partial charge is 0.122 e. The van der Waals surface area contributed by atoms with Crippen LogP contribution < -0.4 is 5.32 Å². The Labute approximate surface area is 120 Å². The lowest BCUT2D eigenvalue weighted by atomic mass is 10.2. The van der Waals surface area contributed by atoms with Crippen LogP contribution in [-0.4, -0.2) is 18.5 Å². The third-order valence-corrected chi connectivity index (χ3v) is 3.40. The third kappa shape index (κ3) is 3.99. The van der Waals surface area contributed by atoms with Crippen molar-refractivity contribution < 1.29 is 8.83 Å². The zero-order valence-corrected chi connectivity index (χ0v) is 12.6. The fraction of sp³-hybridized carbons (Fsp3) is 0.500. The molecule has 20 heavy (non-hydrogen) atoms. The Morgan fingerprint density at radius 3 is 2.55 bits per heavy atom. The molecule has 0 bridgehead atoms. The highest BCUT2D eigenvalue weighted by Crippen LogP contribution is 2.16. The van der Waals surface area contributed by atoms with Crippen molar-refractivity contribution in [2.24, 2.45) is 0 Å². The maximum absolute atomic E-state index is 5.61. The van der Waals surface area contributed by atoms with E-state index in [1.54, 1.807) is 12.5 Å². The molecule has 0 atom stereocenters. The van der Waals surface area contributed by atoms with E-state index in [1.165, 1.54) is 11.1 Å². The van der Waals surface area contributed by atoms with Crippen molar-refractivity contribution in [2.75, 3.05) is 13.6 Å². The molecule has 4 nitrogen and oxygen atoms in total. The van der Waals surface area contributed by atoms with Crippen LogP contribution in [0.5, 0.6) is 0 Å². The van der Waals surface area contributed by atoms with Gasteiger partial charge in [0.15, 0.2) is 0 Å². The summed E-state index contributed by atoms with van der Waals surface area (Å²) in [6.07, 6.45) is 4.66. The number of hydrogen-bond acceptors (Lipinski definition) is 4. The van der Waals surface area contributed by atoms with Crippen LogP contribution in [-0.2, 0) is 19.6 Å². The van der Waals surface area contributed by atoms with E-state index in [0.717, 1.165) is 44.1 Å². The van der Waals surface area contributed by atoms with Gasteiger partial charge >= 0.3 is 0 Å². The van der Waals surface area contributed by atoms with Crippen molar-refractivity contribution in [3.05, 3.63) is 47.3 Å². The van der Waals surface area contributed by atoms with Crippen molar-refractivity contribution in [3.63, 3.8) is 0 Å². The summed E-state index contributed by atoms with van der Waals surface area (Å²) in [5.41, 5.74) is 2.47. The molecule has 0 radical (unpaired) electrons. The SMILES string of the molecule is CCCNCc1ccoc1CN(C)Cc1ccoc1C. The molecule has 4 heteroatoms. The summed E-state index contributed by atoms with van der Waals surface area (Å²) in [6, 6.07) is 4.08. The van der Waals surface area contributed by atoms with Crippen LogP contribution in [0, 0.1) is 6.92 Å². The summed E-state index contributed by atoms with van der Waals surface area (Å²) >= 11 is 0. The van der Waals surface area contributed by atoms with Gasteiger partial charge in [-0.2, -0.15) is 0 Å². The van der Waals surface area contributed by atoms with Gasteiger partial charge in [-0.3, -0.25) is 4.90 Å². The van der Waals surface area contributed by atoms with E-state index in [0.29, 0.717) is 0 Å². The molecule has 2 aromatic heterocycles. The lowest BCUT2D eigenvalue weighted by Crippen LogP contribution is -2.19. The van der Waals surface area contributed by atoms with Crippen LogP contribution in [0.3, 0.4) is 0 Å². The first-order valence-electron chi connectivity index (χ1n) is 7.18. The molecular weight excluding hydrogens is 252 g/mol. The Hall–Kier alpha value is -1.52. The maximum Gasteiger partial charge on any atom is 0.122 e. The average Bonchev–Trinajstić information content (AvgIpc) is 3.01. The van der Waals surface area contributed by atoms with Crippen LogP contribution in [0.2, 0.25) is 0 Å². The van der Waals surface area contributed by atoms with Gasteiger partial charge in [0.25, 0.3) is 0 Å². The number of nitrogens with zero attached hydrogens (tertiary/aromatic N) is 1. The molecule has 1 N–H and O–H groups in total. The van der Waals surface area contributed by atoms with E-state index < -0.39 is 0 Å². The Morgan fingerprint density at radius 1 is 1.10 bits per heavy atom. The number of nitrogens with one attached hydrogen (secondary N) is 1. The molecule has 0 unspecified atom stereocenters. The van der Waals surface area contributed by atoms with Gasteiger partial charge in [-0.05, 0) is 39.1 Å². The van der Waals surface area contributed by atoms with Crippen molar-refractivity contribution in [2.45, 2.75) is 39.9 Å². The third-order valence-electron chi connectivity index (χ3n) is 3.40. The molecule has 0 aromatic carbocycles. The van der Waals surface area contributed by atoms with E-state index in [1.807, 2.05) is 13.0 Å². The molecule has 0 amide bonds. The first-order chi connectivity index (χ1) is 9.70. The minimum Gasteiger partial charge on any atom is -0.469 e. The highest BCUT2D eigenvalue weighted by Gasteiger charge is 2.11. The summed E-state index contributed by atoms with van der Waals surface area (Å²) in [6.45, 7) is 7.75. The van der Waals surface area contributed by atoms with E-state index in [4.69, 9.17) is 8.83 Å². The van der Waals surface area contributed by atoms with Crippen LogP contribution in [0.1, 0.15) is 36.0 Å². The predicted octanol–water partition coefficient (Wildman–Crippen LogP) is 3.31. The van der Waals surface area contributed by atoms with Gasteiger partial charge in [0, 0.05) is 24.2 Å². The second-order valence-electron chi connectivity index (χ2n) is 5.22. The van der Waals surface area contributed by atoms with Gasteiger partial charge in [-0.25, -0.2) is 0 Å². The first kappa shape index (κ1) is 14.9. The number of hydrogen-bond donors (Lipinski definition) is 1. The average molecular weight is 276 g/mol. The largest absolute Gasteiger partial charge is 0.469 e. The zero-order valence-electron chi connectivity index (χ0n) is 12.6. The summed E-state index contributed by atoms with van der Waals surface area (Å²) in [4.78, 5) is 2.24. The Morgan fingerprint density at radius 2 is 1.85 bits per heavy atom. The molecule has 2 rings (SSSR count). The Bertz CT molecular complexity index is 516. The molecule has 0 spiro atoms. The zero-order chi connectivity index (χ0) is 14.4. The van der Waals surface area contributed by atoms with Crippen molar-refractivity contribution in [1.29, 1.82) is 0 Å². The van der Waals surface area contributed by atoms with Crippen LogP contribution in [0.4, 0.5) is 0 Å². The number of furan rings is 2. The van der Waals surface area contributed by atoms with E-state index in [9.17, 15) is 0 Å². The highest BCUT2D eigenvalue weighted by molar-refractivity contribution is 5.18. The van der Waals surface area contributed by atoms with Crippen molar-refractivity contribution in [1.82, 2.24) is 10.2 Å². The minimum absolute atomic E-state index is 0.806. The molecule has 0 saturated carbocycles. The van der Waals surface area contributed by atoms with Gasteiger partial charge in [0.1, 0.15) is 11.5 Å². The van der Waals surface area contributed by atoms with Crippen LogP contribution in [0.25, 0.3) is 0 Å². The van der Waals surface area contributed by atoms with Gasteiger partial charge in [0.2, 0.25) is 0 Å². The highest BCUT2D eigenvalue weighted by atomic mass is 16.3. The second kappa shape index (κ2) is 7.31. The summed E-state index contributed by atoms with van der Waals surface area (Å²) in [5.74, 6) is 2.03. The van der Waals surface area contributed by atoms with E-state index >= 15 is 0 Å². The van der Waals surface area contributed by atoms with Crippen molar-refractivity contribution >= 4 is 0 Å². The molecular formula is C16H24N2O2. The summed E-state index contributed by atoms with van der Waals surface area (Å²) < 4.78 is 10.9. The molecule has 2 heterocycles. The lowest BCUT2D eigenvalue weighted by molar-refractivity contribution is 0.284. The Balaban J connectivity index is 1.89. The van der Waals surface area contributed by atoms with Gasteiger partial charge in [-0.1, -0.05) is 6.92 Å². The molecule has 110 valence electrons. The standard InChI is InChI=1S/C16H24N2O2/c1-4-7-17-10-14-5-9-20-16(14)12-18(3)11-15-6-8-19-13(15)2/h5-6,8-9,17H,4,7,10-12H2,1-3H3. The number of aryl methyl sites for hydroxylation is 1. The van der Waals surface area contributed by atoms with Gasteiger partial charge in [-0.15, -0.1) is 0 Å². The van der Waals surface area contributed by atoms with E-state index in [2.05, 4.69) is 30.3 Å². The minimum atomic E-state index is 0.806. The van der Waals surface area contributed by atoms with Crippen LogP contribution >= 0.6 is 0 Å². The van der Waals surface area contributed by atoms with Crippen molar-refractivity contribution in [3.8, 4) is 0 Å². The molecule has 0 fully saturated rings. The molecule has 0 aliphatic heterocycles. The van der Waals surface area contributed by atoms with Gasteiger partial charge < -0.3 is 14.2 Å². The summed E-state index contributed by atoms with van der Waals surface area (Å²) in [7, 11) is 2.10. The monoisotopic (exact) mass is 276 g/mol. The van der Waals surface area contributed by atoms with Gasteiger partial charge in [0.05, 0.1) is 19.1 Å². The topological polar surface area (TPSA) is 41.6 Å². The molecule has 0 aliphatic carbocycles. The predicted molar refractivity (Wildman–Crippen MR) is 79.3 cm³/mol. The maximum atomic E-state index is 5.61. The fourth-order valence-electron chi connectivity index (χ4n) is 2.23. The molecule has 2 aromatic rings. The quantitative estimate of drug-likeness (QED) is 0.751. The fourth-order valence-corrected chi connectivity index (χ4v) is 2.23. The second-order valence-corrected chi connectivity index (χ2v) is 5.22.